The molecule has 0 aliphatic heterocycles. The van der Waals surface area contributed by atoms with Gasteiger partial charge in [-0.25, -0.2) is 4.98 Å². The molecule has 0 saturated carbocycles. The van der Waals surface area contributed by atoms with Crippen molar-refractivity contribution in [3.05, 3.63) is 72.2 Å². The number of aromatic amines is 1. The predicted octanol–water partition coefficient (Wildman–Crippen LogP) is 5.89. The van der Waals surface area contributed by atoms with Crippen molar-refractivity contribution in [1.82, 2.24) is 15.3 Å². The van der Waals surface area contributed by atoms with Gasteiger partial charge in [-0.2, -0.15) is 0 Å². The topological polar surface area (TPSA) is 49.9 Å². The van der Waals surface area contributed by atoms with E-state index < -0.39 is 0 Å². The molecule has 4 nitrogen and oxygen atoms in total. The highest BCUT2D eigenvalue weighted by Gasteiger charge is 2.15. The molecule has 0 radical (unpaired) electrons. The average molecular weight is 378 g/mol. The summed E-state index contributed by atoms with van der Waals surface area (Å²) in [7, 11) is 1.70. The first kappa shape index (κ1) is 20.2. The molecule has 0 bridgehead atoms. The van der Waals surface area contributed by atoms with Crippen LogP contribution in [0, 0.1) is 0 Å². The molecule has 2 N–H and O–H groups in total. The van der Waals surface area contributed by atoms with Gasteiger partial charge in [0.25, 0.3) is 0 Å². The third kappa shape index (κ3) is 5.70. The third-order valence-electron chi connectivity index (χ3n) is 5.06. The lowest BCUT2D eigenvalue weighted by Crippen LogP contribution is -2.22. The van der Waals surface area contributed by atoms with Crippen LogP contribution in [0.2, 0.25) is 0 Å². The molecule has 2 aromatic carbocycles. The summed E-state index contributed by atoms with van der Waals surface area (Å²) in [6.45, 7) is 3.06. The first-order valence-corrected chi connectivity index (χ1v) is 10.3. The molecule has 0 unspecified atom stereocenters. The SMILES string of the molecule is CCCCCC[C@H](NCc1ccc(OC)cc1)c1nc(-c2ccccc2)c[nH]1. The minimum atomic E-state index is 0.219. The maximum absolute atomic E-state index is 5.25. The monoisotopic (exact) mass is 377 g/mol. The van der Waals surface area contributed by atoms with Crippen LogP contribution in [0.5, 0.6) is 5.75 Å². The van der Waals surface area contributed by atoms with Gasteiger partial charge in [0.05, 0.1) is 18.8 Å². The van der Waals surface area contributed by atoms with Crippen LogP contribution < -0.4 is 10.1 Å². The van der Waals surface area contributed by atoms with Crippen molar-refractivity contribution < 1.29 is 4.74 Å². The van der Waals surface area contributed by atoms with E-state index in [0.29, 0.717) is 0 Å². The highest BCUT2D eigenvalue weighted by Crippen LogP contribution is 2.23. The van der Waals surface area contributed by atoms with Crippen LogP contribution >= 0.6 is 0 Å². The zero-order valence-corrected chi connectivity index (χ0v) is 16.9. The number of benzene rings is 2. The van der Waals surface area contributed by atoms with E-state index in [9.17, 15) is 0 Å². The second-order valence-electron chi connectivity index (χ2n) is 7.17. The minimum Gasteiger partial charge on any atom is -0.497 e. The van der Waals surface area contributed by atoms with E-state index in [2.05, 4.69) is 41.5 Å². The number of imidazole rings is 1. The quantitative estimate of drug-likeness (QED) is 0.410. The molecule has 28 heavy (non-hydrogen) atoms. The summed E-state index contributed by atoms with van der Waals surface area (Å²) in [6.07, 6.45) is 8.11. The average Bonchev–Trinajstić information content (AvgIpc) is 3.24. The Kier molecular flexibility index (Phi) is 7.68. The maximum atomic E-state index is 5.25. The zero-order valence-electron chi connectivity index (χ0n) is 16.9. The van der Waals surface area contributed by atoms with Crippen LogP contribution in [0.3, 0.4) is 0 Å². The Morgan fingerprint density at radius 1 is 1.00 bits per heavy atom. The van der Waals surface area contributed by atoms with Crippen LogP contribution in [0.15, 0.2) is 60.8 Å². The number of rotatable bonds is 11. The summed E-state index contributed by atoms with van der Waals surface area (Å²) in [4.78, 5) is 8.29. The number of hydrogen-bond acceptors (Lipinski definition) is 3. The standard InChI is InChI=1S/C24H31N3O/c1-3-4-5-9-12-22(25-17-19-13-15-21(28-2)16-14-19)24-26-18-23(27-24)20-10-7-6-8-11-20/h6-8,10-11,13-16,18,22,25H,3-5,9,12,17H2,1-2H3,(H,26,27)/t22-/m0/s1. The Bertz CT molecular complexity index is 811. The fraction of sp³-hybridized carbons (Fsp3) is 0.375. The van der Waals surface area contributed by atoms with Crippen LogP contribution in [0.25, 0.3) is 11.3 Å². The molecule has 1 atom stereocenters. The molecule has 1 aromatic heterocycles. The van der Waals surface area contributed by atoms with Crippen LogP contribution in [0.1, 0.15) is 56.5 Å². The molecule has 0 fully saturated rings. The number of hydrogen-bond donors (Lipinski definition) is 2. The molecule has 3 rings (SSSR count). The van der Waals surface area contributed by atoms with Gasteiger partial charge in [-0.15, -0.1) is 0 Å². The van der Waals surface area contributed by atoms with E-state index in [0.717, 1.165) is 35.8 Å². The van der Waals surface area contributed by atoms with Crippen LogP contribution in [-0.2, 0) is 6.54 Å². The van der Waals surface area contributed by atoms with Gasteiger partial charge in [0.1, 0.15) is 11.6 Å². The molecular weight excluding hydrogens is 346 g/mol. The van der Waals surface area contributed by atoms with Gasteiger partial charge in [-0.3, -0.25) is 0 Å². The van der Waals surface area contributed by atoms with Gasteiger partial charge < -0.3 is 15.0 Å². The second kappa shape index (κ2) is 10.7. The number of H-pyrrole nitrogens is 1. The number of nitrogens with one attached hydrogen (secondary N) is 2. The fourth-order valence-corrected chi connectivity index (χ4v) is 3.37. The normalized spacial score (nSPS) is 12.1. The molecule has 148 valence electrons. The van der Waals surface area contributed by atoms with E-state index >= 15 is 0 Å². The van der Waals surface area contributed by atoms with E-state index in [1.54, 1.807) is 7.11 Å². The zero-order chi connectivity index (χ0) is 19.6. The number of unbranched alkanes of at least 4 members (excludes halogenated alkanes) is 3. The van der Waals surface area contributed by atoms with Gasteiger partial charge in [0.15, 0.2) is 0 Å². The minimum absolute atomic E-state index is 0.219. The summed E-state index contributed by atoms with van der Waals surface area (Å²) in [5, 5.41) is 3.70. The Hall–Kier alpha value is -2.59. The van der Waals surface area contributed by atoms with Gasteiger partial charge in [0, 0.05) is 18.3 Å². The summed E-state index contributed by atoms with van der Waals surface area (Å²) < 4.78 is 5.25. The van der Waals surface area contributed by atoms with Gasteiger partial charge in [-0.1, -0.05) is 75.1 Å². The van der Waals surface area contributed by atoms with Crippen molar-refractivity contribution in [3.63, 3.8) is 0 Å². The fourth-order valence-electron chi connectivity index (χ4n) is 3.37. The van der Waals surface area contributed by atoms with E-state index in [4.69, 9.17) is 9.72 Å². The number of nitrogens with zero attached hydrogens (tertiary/aromatic N) is 1. The largest absolute Gasteiger partial charge is 0.497 e. The molecule has 0 aliphatic carbocycles. The molecule has 1 heterocycles. The van der Waals surface area contributed by atoms with Gasteiger partial charge in [-0.05, 0) is 24.1 Å². The molecule has 0 saturated heterocycles. The van der Waals surface area contributed by atoms with Crippen molar-refractivity contribution in [2.24, 2.45) is 0 Å². The second-order valence-corrected chi connectivity index (χ2v) is 7.17. The molecule has 0 spiro atoms. The summed E-state index contributed by atoms with van der Waals surface area (Å²) in [5.74, 6) is 1.90. The van der Waals surface area contributed by atoms with E-state index in [1.165, 1.54) is 31.2 Å². The molecular formula is C24H31N3O. The van der Waals surface area contributed by atoms with Gasteiger partial charge >= 0.3 is 0 Å². The third-order valence-corrected chi connectivity index (χ3v) is 5.06. The Balaban J connectivity index is 1.68. The van der Waals surface area contributed by atoms with E-state index in [1.807, 2.05) is 36.5 Å². The van der Waals surface area contributed by atoms with Crippen molar-refractivity contribution in [2.75, 3.05) is 7.11 Å². The molecule has 3 aromatic rings. The highest BCUT2D eigenvalue weighted by atomic mass is 16.5. The Morgan fingerprint density at radius 2 is 1.79 bits per heavy atom. The Morgan fingerprint density at radius 3 is 2.50 bits per heavy atom. The number of aromatic nitrogens is 2. The lowest BCUT2D eigenvalue weighted by atomic mass is 10.1. The number of ether oxygens (including phenoxy) is 1. The van der Waals surface area contributed by atoms with Gasteiger partial charge in [0.2, 0.25) is 0 Å². The molecule has 4 heteroatoms. The predicted molar refractivity (Wildman–Crippen MR) is 115 cm³/mol. The Labute approximate surface area is 168 Å². The first-order valence-electron chi connectivity index (χ1n) is 10.3. The maximum Gasteiger partial charge on any atom is 0.124 e. The first-order chi connectivity index (χ1) is 13.8. The van der Waals surface area contributed by atoms with Crippen molar-refractivity contribution >= 4 is 0 Å². The molecule has 0 aliphatic rings. The van der Waals surface area contributed by atoms with Crippen molar-refractivity contribution in [2.45, 2.75) is 51.6 Å². The molecule has 0 amide bonds. The lowest BCUT2D eigenvalue weighted by molar-refractivity contribution is 0.414. The van der Waals surface area contributed by atoms with Crippen LogP contribution in [-0.4, -0.2) is 17.1 Å². The summed E-state index contributed by atoms with van der Waals surface area (Å²) in [6, 6.07) is 18.8. The summed E-state index contributed by atoms with van der Waals surface area (Å²) in [5.41, 5.74) is 3.39. The lowest BCUT2D eigenvalue weighted by Gasteiger charge is -2.17. The highest BCUT2D eigenvalue weighted by molar-refractivity contribution is 5.58. The smallest absolute Gasteiger partial charge is 0.124 e. The van der Waals surface area contributed by atoms with Crippen LogP contribution in [0.4, 0.5) is 0 Å². The van der Waals surface area contributed by atoms with Crippen molar-refractivity contribution in [3.8, 4) is 17.0 Å². The van der Waals surface area contributed by atoms with E-state index in [-0.39, 0.29) is 6.04 Å². The van der Waals surface area contributed by atoms with Crippen molar-refractivity contribution in [1.29, 1.82) is 0 Å². The number of methoxy groups -OCH3 is 1. The summed E-state index contributed by atoms with van der Waals surface area (Å²) >= 11 is 0.